The Morgan fingerprint density at radius 1 is 1.00 bits per heavy atom. The maximum absolute atomic E-state index is 13.3. The van der Waals surface area contributed by atoms with Crippen LogP contribution in [0.25, 0.3) is 10.9 Å². The van der Waals surface area contributed by atoms with E-state index in [1.54, 1.807) is 0 Å². The smallest absolute Gasteiger partial charge is 0.244 e. The molecule has 0 spiro atoms. The minimum absolute atomic E-state index is 0.149. The Labute approximate surface area is 92.9 Å². The Morgan fingerprint density at radius 3 is 2.29 bits per heavy atom. The van der Waals surface area contributed by atoms with Crippen LogP contribution < -0.4 is 0 Å². The van der Waals surface area contributed by atoms with Gasteiger partial charge in [0, 0.05) is 10.9 Å². The van der Waals surface area contributed by atoms with Gasteiger partial charge in [0.2, 0.25) is 0 Å². The van der Waals surface area contributed by atoms with Crippen LogP contribution in [0.4, 0.5) is 22.0 Å². The number of benzene rings is 1. The molecule has 2 rings (SSSR count). The van der Waals surface area contributed by atoms with Crippen LogP contribution in [0.5, 0.6) is 0 Å². The predicted octanol–water partition coefficient (Wildman–Crippen LogP) is 4.25. The second-order valence-electron chi connectivity index (χ2n) is 3.37. The lowest BCUT2D eigenvalue weighted by Crippen LogP contribution is -1.98. The summed E-state index contributed by atoms with van der Waals surface area (Å²) in [6, 6.07) is 4.05. The Bertz CT molecular complexity index is 553. The Morgan fingerprint density at radius 2 is 1.71 bits per heavy atom. The molecule has 1 aromatic heterocycles. The maximum Gasteiger partial charge on any atom is 0.280 e. The van der Waals surface area contributed by atoms with E-state index in [1.807, 2.05) is 0 Å². The molecule has 0 amide bonds. The van der Waals surface area contributed by atoms with Gasteiger partial charge in [-0.1, -0.05) is 12.1 Å². The molecule has 0 saturated carbocycles. The summed E-state index contributed by atoms with van der Waals surface area (Å²) in [6.45, 7) is 0. The third-order valence-corrected chi connectivity index (χ3v) is 2.30. The summed E-state index contributed by atoms with van der Waals surface area (Å²) >= 11 is 0. The second kappa shape index (κ2) is 4.27. The van der Waals surface area contributed by atoms with Gasteiger partial charge < -0.3 is 0 Å². The number of alkyl halides is 4. The van der Waals surface area contributed by atoms with Crippen molar-refractivity contribution >= 4 is 10.9 Å². The molecule has 0 N–H and O–H groups in total. The molecule has 0 unspecified atom stereocenters. The van der Waals surface area contributed by atoms with E-state index < -0.39 is 35.4 Å². The van der Waals surface area contributed by atoms with Gasteiger partial charge in [0.25, 0.3) is 12.9 Å². The lowest BCUT2D eigenvalue weighted by Gasteiger charge is -2.08. The van der Waals surface area contributed by atoms with Crippen LogP contribution >= 0.6 is 0 Å². The summed E-state index contributed by atoms with van der Waals surface area (Å²) in [5.41, 5.74) is -1.94. The van der Waals surface area contributed by atoms with Crippen molar-refractivity contribution in [3.05, 3.63) is 41.3 Å². The van der Waals surface area contributed by atoms with Gasteiger partial charge in [-0.25, -0.2) is 26.9 Å². The molecule has 0 aliphatic heterocycles. The molecule has 0 fully saturated rings. The number of rotatable bonds is 2. The molecule has 0 aliphatic carbocycles. The Kier molecular flexibility index (Phi) is 2.95. The van der Waals surface area contributed by atoms with Crippen LogP contribution in [-0.4, -0.2) is 4.98 Å². The predicted molar refractivity (Wildman–Crippen MR) is 51.6 cm³/mol. The fourth-order valence-electron chi connectivity index (χ4n) is 1.55. The van der Waals surface area contributed by atoms with Crippen LogP contribution in [0.3, 0.4) is 0 Å². The first-order chi connectivity index (χ1) is 8.00. The summed E-state index contributed by atoms with van der Waals surface area (Å²) in [5, 5.41) is -0.149. The van der Waals surface area contributed by atoms with Gasteiger partial charge in [0.05, 0.1) is 0 Å². The quantitative estimate of drug-likeness (QED) is 0.723. The minimum atomic E-state index is -3.02. The van der Waals surface area contributed by atoms with Crippen LogP contribution in [0, 0.1) is 5.82 Å². The van der Waals surface area contributed by atoms with E-state index in [-0.39, 0.29) is 5.39 Å². The third-order valence-electron chi connectivity index (χ3n) is 2.30. The first kappa shape index (κ1) is 11.8. The summed E-state index contributed by atoms with van der Waals surface area (Å²) in [5.74, 6) is -0.896. The van der Waals surface area contributed by atoms with E-state index in [2.05, 4.69) is 4.98 Å². The molecule has 0 radical (unpaired) electrons. The van der Waals surface area contributed by atoms with Gasteiger partial charge in [-0.2, -0.15) is 0 Å². The van der Waals surface area contributed by atoms with Gasteiger partial charge in [-0.3, -0.25) is 0 Å². The highest BCUT2D eigenvalue weighted by atomic mass is 19.3. The monoisotopic (exact) mass is 247 g/mol. The molecule has 17 heavy (non-hydrogen) atoms. The zero-order valence-electron chi connectivity index (χ0n) is 8.30. The van der Waals surface area contributed by atoms with Gasteiger partial charge in [0.15, 0.2) is 0 Å². The number of fused-ring (bicyclic) bond motifs is 1. The summed E-state index contributed by atoms with van der Waals surface area (Å²) in [4.78, 5) is 3.36. The van der Waals surface area contributed by atoms with Crippen molar-refractivity contribution in [1.82, 2.24) is 4.98 Å². The first-order valence-electron chi connectivity index (χ1n) is 4.66. The summed E-state index contributed by atoms with van der Waals surface area (Å²) in [7, 11) is 0. The number of nitrogens with zero attached hydrogens (tertiary/aromatic N) is 1. The van der Waals surface area contributed by atoms with Crippen molar-refractivity contribution < 1.29 is 22.0 Å². The van der Waals surface area contributed by atoms with Crippen LogP contribution in [0.2, 0.25) is 0 Å². The molecule has 90 valence electrons. The van der Waals surface area contributed by atoms with E-state index >= 15 is 0 Å². The van der Waals surface area contributed by atoms with Crippen molar-refractivity contribution in [2.75, 3.05) is 0 Å². The first-order valence-corrected chi connectivity index (χ1v) is 4.66. The lowest BCUT2D eigenvalue weighted by molar-refractivity contribution is 0.141. The largest absolute Gasteiger partial charge is 0.280 e. The zero-order valence-corrected chi connectivity index (χ0v) is 8.30. The normalized spacial score (nSPS) is 11.7. The molecule has 1 nitrogen and oxygen atoms in total. The maximum atomic E-state index is 13.3. The number of hydrogen-bond donors (Lipinski definition) is 0. The highest BCUT2D eigenvalue weighted by Gasteiger charge is 2.19. The number of pyridine rings is 1. The fraction of sp³-hybridized carbons (Fsp3) is 0.182. The molecule has 1 aromatic carbocycles. The van der Waals surface area contributed by atoms with Crippen LogP contribution in [0.15, 0.2) is 24.3 Å². The molecule has 0 bridgehead atoms. The van der Waals surface area contributed by atoms with Crippen molar-refractivity contribution in [1.29, 1.82) is 0 Å². The minimum Gasteiger partial charge on any atom is -0.244 e. The summed E-state index contributed by atoms with van der Waals surface area (Å²) < 4.78 is 63.6. The number of hydrogen-bond acceptors (Lipinski definition) is 1. The molecule has 6 heteroatoms. The molecule has 1 heterocycles. The third kappa shape index (κ3) is 2.07. The van der Waals surface area contributed by atoms with Crippen molar-refractivity contribution in [3.8, 4) is 0 Å². The van der Waals surface area contributed by atoms with Gasteiger partial charge >= 0.3 is 0 Å². The van der Waals surface area contributed by atoms with Gasteiger partial charge in [0.1, 0.15) is 17.0 Å². The highest BCUT2D eigenvalue weighted by Crippen LogP contribution is 2.31. The molecular formula is C11H6F5N. The van der Waals surface area contributed by atoms with Crippen LogP contribution in [0.1, 0.15) is 24.1 Å². The van der Waals surface area contributed by atoms with E-state index in [0.29, 0.717) is 6.07 Å². The lowest BCUT2D eigenvalue weighted by atomic mass is 10.1. The zero-order chi connectivity index (χ0) is 12.6. The fourth-order valence-corrected chi connectivity index (χ4v) is 1.55. The van der Waals surface area contributed by atoms with Gasteiger partial charge in [-0.15, -0.1) is 0 Å². The molecule has 0 saturated heterocycles. The van der Waals surface area contributed by atoms with Gasteiger partial charge in [-0.05, 0) is 12.1 Å². The molecule has 0 aliphatic rings. The van der Waals surface area contributed by atoms with E-state index in [4.69, 9.17) is 0 Å². The molecule has 0 atom stereocenters. The highest BCUT2D eigenvalue weighted by molar-refractivity contribution is 5.83. The van der Waals surface area contributed by atoms with Crippen molar-refractivity contribution in [3.63, 3.8) is 0 Å². The average molecular weight is 247 g/mol. The van der Waals surface area contributed by atoms with Crippen molar-refractivity contribution in [2.45, 2.75) is 12.9 Å². The Balaban J connectivity index is 2.81. The number of aromatic nitrogens is 1. The van der Waals surface area contributed by atoms with E-state index in [0.717, 1.165) is 6.07 Å². The SMILES string of the molecule is Fc1cccc2c(C(F)F)cc(C(F)F)nc12. The Hall–Kier alpha value is -1.72. The molecule has 2 aromatic rings. The van der Waals surface area contributed by atoms with Crippen LogP contribution in [-0.2, 0) is 0 Å². The average Bonchev–Trinajstić information content (AvgIpc) is 2.28. The van der Waals surface area contributed by atoms with E-state index in [9.17, 15) is 22.0 Å². The number of halogens is 5. The standard InChI is InChI=1S/C11H6F5N/c12-7-3-1-2-5-6(10(13)14)4-8(11(15)16)17-9(5)7/h1-4,10-11H. The topological polar surface area (TPSA) is 12.9 Å². The summed E-state index contributed by atoms with van der Waals surface area (Å²) in [6.07, 6.45) is -5.98. The number of para-hydroxylation sites is 1. The second-order valence-corrected chi connectivity index (χ2v) is 3.37. The molecular weight excluding hydrogens is 241 g/mol. The van der Waals surface area contributed by atoms with E-state index in [1.165, 1.54) is 12.1 Å². The van der Waals surface area contributed by atoms with Crippen molar-refractivity contribution in [2.24, 2.45) is 0 Å².